The first-order valence-corrected chi connectivity index (χ1v) is 19.9. The van der Waals surface area contributed by atoms with Gasteiger partial charge in [-0.05, 0) is 44.6 Å². The van der Waals surface area contributed by atoms with Crippen LogP contribution in [0.2, 0.25) is 0 Å². The molecule has 16 heteroatoms. The molecule has 5 atom stereocenters. The summed E-state index contributed by atoms with van der Waals surface area (Å²) in [7, 11) is -10.6. The number of aliphatic hydroxyl groups excluding tert-OH is 1. The fraction of sp³-hybridized carbons (Fsp3) is 0.708. The summed E-state index contributed by atoms with van der Waals surface area (Å²) in [5.41, 5.74) is 0.279. The van der Waals surface area contributed by atoms with Gasteiger partial charge in [-0.25, -0.2) is 0 Å². The number of nitro benzene ring substituents is 1. The van der Waals surface area contributed by atoms with Crippen molar-refractivity contribution >= 4 is 33.8 Å². The molecule has 1 aromatic rings. The maximum atomic E-state index is 13.2. The van der Waals surface area contributed by atoms with Crippen LogP contribution in [0.5, 0.6) is 0 Å². The van der Waals surface area contributed by atoms with Crippen LogP contribution in [0.25, 0.3) is 0 Å². The average molecular weight is 624 g/mol. The molecule has 2 bridgehead atoms. The molecule has 2 aliphatic rings. The van der Waals surface area contributed by atoms with Crippen molar-refractivity contribution < 1.29 is 33.8 Å². The Morgan fingerprint density at radius 1 is 0.775 bits per heavy atom. The zero-order chi connectivity index (χ0) is 29.4. The smallest absolute Gasteiger partial charge is 0.269 e. The van der Waals surface area contributed by atoms with Gasteiger partial charge in [0.15, 0.2) is 0 Å². The van der Waals surface area contributed by atoms with Crippen LogP contribution in [0.15, 0.2) is 24.3 Å². The van der Waals surface area contributed by atoms with Crippen LogP contribution in [0.3, 0.4) is 0 Å². The van der Waals surface area contributed by atoms with Gasteiger partial charge in [0.1, 0.15) is 5.90 Å². The van der Waals surface area contributed by atoms with Gasteiger partial charge < -0.3 is 29.6 Å². The number of hydrogen-bond donors (Lipinski definition) is 4. The predicted molar refractivity (Wildman–Crippen MR) is 160 cm³/mol. The van der Waals surface area contributed by atoms with Crippen molar-refractivity contribution in [2.45, 2.75) is 19.0 Å². The number of fused-ring (bicyclic) bond motifs is 3. The molecular formula is C24H44N5O8P3. The largest absolute Gasteiger partial charge is 0.390 e. The molecule has 2 fully saturated rings. The molecule has 3 rings (SSSR count). The second-order valence-corrected chi connectivity index (χ2v) is 18.9. The van der Waals surface area contributed by atoms with Crippen LogP contribution >= 0.6 is 21.9 Å². The van der Waals surface area contributed by atoms with E-state index in [4.69, 9.17) is 0 Å². The minimum Gasteiger partial charge on any atom is -0.390 e. The van der Waals surface area contributed by atoms with Crippen molar-refractivity contribution in [2.24, 2.45) is 0 Å². The van der Waals surface area contributed by atoms with E-state index in [-0.39, 0.29) is 24.5 Å². The van der Waals surface area contributed by atoms with Crippen LogP contribution < -0.4 is 0 Å². The van der Waals surface area contributed by atoms with E-state index >= 15 is 0 Å². The average Bonchev–Trinajstić information content (AvgIpc) is 2.86. The summed E-state index contributed by atoms with van der Waals surface area (Å²) in [6.07, 6.45) is 5.14. The SMILES string of the molecule is C=P(O)(CO)CN1CCCN2CCN(CCCN(CP(=O)(O)CP(=O)(O)Cc3ccc([N+](=O)[O-])cc3)CC2)CC1. The Kier molecular flexibility index (Phi) is 12.6. The van der Waals surface area contributed by atoms with Crippen LogP contribution in [0, 0.1) is 10.1 Å². The maximum absolute atomic E-state index is 13.2. The van der Waals surface area contributed by atoms with E-state index in [9.17, 15) is 39.0 Å². The Morgan fingerprint density at radius 3 is 1.77 bits per heavy atom. The van der Waals surface area contributed by atoms with E-state index in [1.54, 1.807) is 0 Å². The van der Waals surface area contributed by atoms with Gasteiger partial charge in [0.25, 0.3) is 5.69 Å². The molecule has 2 heterocycles. The first-order valence-electron chi connectivity index (χ1n) is 13.6. The third kappa shape index (κ3) is 11.7. The van der Waals surface area contributed by atoms with Crippen molar-refractivity contribution in [2.75, 3.05) is 90.3 Å². The molecule has 13 nitrogen and oxygen atoms in total. The maximum Gasteiger partial charge on any atom is 0.269 e. The van der Waals surface area contributed by atoms with E-state index < -0.39 is 32.7 Å². The minimum atomic E-state index is -4.00. The summed E-state index contributed by atoms with van der Waals surface area (Å²) in [4.78, 5) is 50.8. The van der Waals surface area contributed by atoms with Crippen molar-refractivity contribution in [3.8, 4) is 0 Å². The van der Waals surface area contributed by atoms with Crippen molar-refractivity contribution in [3.63, 3.8) is 0 Å². The first-order chi connectivity index (χ1) is 18.8. The van der Waals surface area contributed by atoms with E-state index in [1.165, 1.54) is 24.3 Å². The summed E-state index contributed by atoms with van der Waals surface area (Å²) >= 11 is 0. The second kappa shape index (κ2) is 15.0. The van der Waals surface area contributed by atoms with Crippen LogP contribution in [0.4, 0.5) is 5.69 Å². The molecular weight excluding hydrogens is 579 g/mol. The molecule has 0 aliphatic carbocycles. The number of rotatable bonds is 10. The Labute approximate surface area is 236 Å². The molecule has 0 aromatic heterocycles. The minimum absolute atomic E-state index is 0.127. The molecule has 0 radical (unpaired) electrons. The molecule has 2 aliphatic heterocycles. The normalized spacial score (nSPS) is 26.7. The van der Waals surface area contributed by atoms with Crippen LogP contribution in [-0.4, -0.2) is 141 Å². The second-order valence-electron chi connectivity index (χ2n) is 11.1. The van der Waals surface area contributed by atoms with Gasteiger partial charge in [-0.2, -0.15) is 0 Å². The molecule has 228 valence electrons. The number of aliphatic hydroxyl groups is 1. The number of nitro groups is 1. The molecule has 5 unspecified atom stereocenters. The molecule has 0 spiro atoms. The van der Waals surface area contributed by atoms with Crippen molar-refractivity contribution in [1.29, 1.82) is 0 Å². The summed E-state index contributed by atoms with van der Waals surface area (Å²) in [5.74, 6) is -0.700. The van der Waals surface area contributed by atoms with Gasteiger partial charge >= 0.3 is 0 Å². The summed E-state index contributed by atoms with van der Waals surface area (Å²) < 4.78 is 26.1. The van der Waals surface area contributed by atoms with E-state index in [0.717, 1.165) is 58.7 Å². The van der Waals surface area contributed by atoms with E-state index in [2.05, 4.69) is 21.0 Å². The fourth-order valence-electron chi connectivity index (χ4n) is 5.24. The highest BCUT2D eigenvalue weighted by Crippen LogP contribution is 2.58. The molecule has 0 saturated carbocycles. The number of hydrogen-bond acceptors (Lipinski definition) is 10. The summed E-state index contributed by atoms with van der Waals surface area (Å²) in [5, 5.41) is 20.3. The van der Waals surface area contributed by atoms with Crippen LogP contribution in [0.1, 0.15) is 18.4 Å². The van der Waals surface area contributed by atoms with Crippen LogP contribution in [-0.2, 0) is 15.3 Å². The van der Waals surface area contributed by atoms with Gasteiger partial charge in [-0.3, -0.25) is 29.0 Å². The Hall–Kier alpha value is -0.940. The van der Waals surface area contributed by atoms with Gasteiger partial charge in [-0.1, -0.05) is 18.4 Å². The highest BCUT2D eigenvalue weighted by Gasteiger charge is 2.33. The lowest BCUT2D eigenvalue weighted by atomic mass is 10.2. The zero-order valence-electron chi connectivity index (χ0n) is 23.0. The first kappa shape index (κ1) is 33.6. The van der Waals surface area contributed by atoms with Gasteiger partial charge in [-0.15, -0.1) is 0 Å². The molecule has 1 aromatic carbocycles. The molecule has 40 heavy (non-hydrogen) atoms. The quantitative estimate of drug-likeness (QED) is 0.170. The molecule has 2 saturated heterocycles. The van der Waals surface area contributed by atoms with E-state index in [1.807, 2.05) is 4.90 Å². The Morgan fingerprint density at radius 2 is 1.27 bits per heavy atom. The fourth-order valence-corrected chi connectivity index (χ4v) is 11.6. The Bertz CT molecular complexity index is 1120. The highest BCUT2D eigenvalue weighted by atomic mass is 31.2. The Balaban J connectivity index is 1.59. The third-order valence-corrected chi connectivity index (χ3v) is 14.0. The monoisotopic (exact) mass is 623 g/mol. The highest BCUT2D eigenvalue weighted by molar-refractivity contribution is 7.74. The topological polar surface area (TPSA) is 171 Å². The van der Waals surface area contributed by atoms with Gasteiger partial charge in [0, 0.05) is 64.8 Å². The summed E-state index contributed by atoms with van der Waals surface area (Å²) in [6, 6.07) is 5.30. The van der Waals surface area contributed by atoms with Gasteiger partial charge in [0.2, 0.25) is 14.7 Å². The summed E-state index contributed by atoms with van der Waals surface area (Å²) in [6.45, 7) is 7.67. The number of nitrogens with zero attached hydrogens (tertiary/aromatic N) is 5. The molecule has 0 amide bonds. The number of benzene rings is 1. The van der Waals surface area contributed by atoms with Crippen molar-refractivity contribution in [1.82, 2.24) is 19.6 Å². The van der Waals surface area contributed by atoms with Crippen molar-refractivity contribution in [3.05, 3.63) is 39.9 Å². The lowest BCUT2D eigenvalue weighted by Crippen LogP contribution is -2.47. The zero-order valence-corrected chi connectivity index (χ0v) is 25.7. The predicted octanol–water partition coefficient (Wildman–Crippen LogP) is 1.83. The third-order valence-electron chi connectivity index (χ3n) is 7.26. The lowest BCUT2D eigenvalue weighted by Gasteiger charge is -2.36. The molecule has 4 N–H and O–H groups in total. The standard InChI is InChI=1S/C24H44N5O8P3/c1-38(33,21-30)19-27-10-2-8-26-13-12-25(14-16-27)9-3-11-28(17-15-26)20-40(36,37)22-39(34,35)18-23-4-6-24(7-5-23)29(31)32/h4-7,30,33H,1-3,8-22H2,(H,34,35)(H,36,37). The van der Waals surface area contributed by atoms with E-state index in [0.29, 0.717) is 31.5 Å². The van der Waals surface area contributed by atoms with Gasteiger partial charge in [0.05, 0.1) is 23.7 Å². The lowest BCUT2D eigenvalue weighted by molar-refractivity contribution is -0.384. The number of non-ortho nitro benzene ring substituents is 1.